The van der Waals surface area contributed by atoms with Gasteiger partial charge in [-0.05, 0) is 80.9 Å². The summed E-state index contributed by atoms with van der Waals surface area (Å²) in [5.74, 6) is 0.802. The van der Waals surface area contributed by atoms with Gasteiger partial charge in [-0.25, -0.2) is 9.59 Å². The molecule has 0 saturated heterocycles. The second-order valence-corrected chi connectivity index (χ2v) is 17.2. The van der Waals surface area contributed by atoms with E-state index in [1.807, 2.05) is 109 Å². The van der Waals surface area contributed by atoms with E-state index in [4.69, 9.17) is 18.9 Å². The minimum Gasteiger partial charge on any atom is -0.491 e. The van der Waals surface area contributed by atoms with Crippen molar-refractivity contribution >= 4 is 56.8 Å². The van der Waals surface area contributed by atoms with Gasteiger partial charge in [-0.2, -0.15) is 0 Å². The molecule has 0 bridgehead atoms. The van der Waals surface area contributed by atoms with Crippen molar-refractivity contribution in [3.8, 4) is 0 Å². The van der Waals surface area contributed by atoms with Crippen LogP contribution in [0.4, 0.5) is 0 Å². The smallest absolute Gasteiger partial charge is 0.333 e. The Kier molecular flexibility index (Phi) is 18.7. The molecule has 0 spiro atoms. The molecule has 6 atom stereocenters. The number of ether oxygens (including phenoxy) is 4. The van der Waals surface area contributed by atoms with Crippen LogP contribution in [0, 0.1) is 11.8 Å². The number of hydrogen-bond acceptors (Lipinski definition) is 12. The number of unbranched alkanes of at least 4 members (excludes halogenated alkanes) is 2. The van der Waals surface area contributed by atoms with E-state index >= 15 is 0 Å². The molecule has 322 valence electrons. The first kappa shape index (κ1) is 46.9. The molecule has 0 aromatic heterocycles. The Balaban J connectivity index is 0.000000231. The van der Waals surface area contributed by atoms with Gasteiger partial charge < -0.3 is 29.2 Å². The summed E-state index contributed by atoms with van der Waals surface area (Å²) in [6, 6.07) is 19.4. The van der Waals surface area contributed by atoms with Gasteiger partial charge in [0.15, 0.2) is 0 Å². The van der Waals surface area contributed by atoms with Crippen LogP contribution in [0.1, 0.15) is 56.6 Å². The average Bonchev–Trinajstić information content (AvgIpc) is 3.27. The first-order valence-electron chi connectivity index (χ1n) is 20.5. The van der Waals surface area contributed by atoms with Crippen LogP contribution in [0.25, 0.3) is 11.1 Å². The number of rotatable bonds is 20. The van der Waals surface area contributed by atoms with Crippen molar-refractivity contribution in [2.75, 3.05) is 26.4 Å². The van der Waals surface area contributed by atoms with Gasteiger partial charge in [-0.15, -0.1) is 0 Å². The van der Waals surface area contributed by atoms with E-state index in [2.05, 4.69) is 13.2 Å². The highest BCUT2D eigenvalue weighted by molar-refractivity contribution is 8.15. The summed E-state index contributed by atoms with van der Waals surface area (Å²) in [4.78, 5) is 47.4. The summed E-state index contributed by atoms with van der Waals surface area (Å²) in [5.41, 5.74) is 3.76. The minimum absolute atomic E-state index is 0.0000997. The molecular formula is C49H54O10S2. The zero-order valence-electron chi connectivity index (χ0n) is 34.4. The number of aliphatic hydroxyl groups excluding tert-OH is 2. The number of carbonyl (C=O) groups is 4. The summed E-state index contributed by atoms with van der Waals surface area (Å²) in [5, 5.41) is 20.4. The van der Waals surface area contributed by atoms with E-state index in [0.29, 0.717) is 56.0 Å². The molecule has 0 amide bonds. The first-order valence-corrected chi connectivity index (χ1v) is 22.3. The Hall–Kier alpha value is -5.14. The summed E-state index contributed by atoms with van der Waals surface area (Å²) >= 11 is 2.62. The molecule has 10 nitrogen and oxygen atoms in total. The lowest BCUT2D eigenvalue weighted by molar-refractivity contribution is -0.139. The quantitative estimate of drug-likeness (QED) is 0.0748. The summed E-state index contributed by atoms with van der Waals surface area (Å²) in [7, 11) is 0. The van der Waals surface area contributed by atoms with Crippen molar-refractivity contribution in [1.82, 2.24) is 0 Å². The van der Waals surface area contributed by atoms with Crippen LogP contribution < -0.4 is 0 Å². The predicted octanol–water partition coefficient (Wildman–Crippen LogP) is 8.51. The van der Waals surface area contributed by atoms with Crippen molar-refractivity contribution < 1.29 is 48.3 Å². The van der Waals surface area contributed by atoms with E-state index < -0.39 is 18.2 Å². The third-order valence-corrected chi connectivity index (χ3v) is 12.2. The summed E-state index contributed by atoms with van der Waals surface area (Å²) < 4.78 is 21.4. The zero-order valence-corrected chi connectivity index (χ0v) is 36.0. The predicted molar refractivity (Wildman–Crippen MR) is 242 cm³/mol. The minimum atomic E-state index is -0.603. The van der Waals surface area contributed by atoms with Gasteiger partial charge in [-0.3, -0.25) is 9.59 Å². The topological polar surface area (TPSA) is 146 Å². The van der Waals surface area contributed by atoms with Crippen molar-refractivity contribution in [2.24, 2.45) is 11.8 Å². The van der Waals surface area contributed by atoms with E-state index in [9.17, 15) is 29.4 Å². The Morgan fingerprint density at radius 2 is 1.13 bits per heavy atom. The molecule has 2 aromatic carbocycles. The van der Waals surface area contributed by atoms with Gasteiger partial charge in [0, 0.05) is 45.1 Å². The van der Waals surface area contributed by atoms with E-state index in [1.165, 1.54) is 23.5 Å². The van der Waals surface area contributed by atoms with Crippen LogP contribution in [0.15, 0.2) is 146 Å². The fourth-order valence-corrected chi connectivity index (χ4v) is 8.78. The Bertz CT molecular complexity index is 2050. The van der Waals surface area contributed by atoms with Crippen LogP contribution in [-0.4, -0.2) is 81.5 Å². The van der Waals surface area contributed by atoms with Crippen LogP contribution >= 0.6 is 23.5 Å². The van der Waals surface area contributed by atoms with Crippen molar-refractivity contribution in [1.29, 1.82) is 0 Å². The molecule has 12 heteroatoms. The molecule has 0 fully saturated rings. The maximum atomic E-state index is 12.6. The van der Waals surface area contributed by atoms with Gasteiger partial charge in [0.25, 0.3) is 0 Å². The average molecular weight is 867 g/mol. The lowest BCUT2D eigenvalue weighted by atomic mass is 9.94. The molecule has 2 aromatic rings. The molecule has 61 heavy (non-hydrogen) atoms. The first-order chi connectivity index (χ1) is 29.5. The third kappa shape index (κ3) is 15.1. The number of hydrogen-bond donors (Lipinski definition) is 2. The van der Waals surface area contributed by atoms with Gasteiger partial charge in [0.1, 0.15) is 24.7 Å². The summed E-state index contributed by atoms with van der Waals surface area (Å²) in [6.07, 6.45) is 19.7. The highest BCUT2D eigenvalue weighted by Gasteiger charge is 2.32. The van der Waals surface area contributed by atoms with Gasteiger partial charge in [0.2, 0.25) is 10.2 Å². The van der Waals surface area contributed by atoms with Gasteiger partial charge in [-0.1, -0.05) is 122 Å². The van der Waals surface area contributed by atoms with Crippen LogP contribution in [0.5, 0.6) is 0 Å². The molecule has 6 rings (SSSR count). The SMILES string of the molecule is C=C(C)C(=O)OCCCCC(O)COC1=CC2SC(=O)C(c3ccccc3)=CC2C=C1.C=CC(=O)OCCCCC(O)COC1=CC2SC(=O)C(c3ccccc3)=CC2C=C1. The normalized spacial score (nSPS) is 21.0. The Morgan fingerprint density at radius 3 is 1.56 bits per heavy atom. The monoisotopic (exact) mass is 866 g/mol. The number of thioether (sulfide) groups is 2. The highest BCUT2D eigenvalue weighted by Crippen LogP contribution is 2.40. The second kappa shape index (κ2) is 24.3. The third-order valence-electron chi connectivity index (χ3n) is 9.94. The van der Waals surface area contributed by atoms with Crippen molar-refractivity contribution in [3.05, 3.63) is 157 Å². The highest BCUT2D eigenvalue weighted by atomic mass is 32.2. The number of benzene rings is 2. The number of carbonyl (C=O) groups excluding carboxylic acids is 4. The Morgan fingerprint density at radius 1 is 0.689 bits per heavy atom. The summed E-state index contributed by atoms with van der Waals surface area (Å²) in [6.45, 7) is 9.49. The zero-order chi connectivity index (χ0) is 43.6. The molecule has 2 aliphatic heterocycles. The molecule has 0 radical (unpaired) electrons. The molecule has 6 unspecified atom stereocenters. The number of aliphatic hydroxyl groups is 2. The largest absolute Gasteiger partial charge is 0.491 e. The van der Waals surface area contributed by atoms with E-state index in [-0.39, 0.29) is 51.7 Å². The lowest BCUT2D eigenvalue weighted by Crippen LogP contribution is -2.23. The van der Waals surface area contributed by atoms with Gasteiger partial charge in [0.05, 0.1) is 25.4 Å². The maximum absolute atomic E-state index is 12.6. The van der Waals surface area contributed by atoms with E-state index in [0.717, 1.165) is 41.2 Å². The lowest BCUT2D eigenvalue weighted by Gasteiger charge is -2.28. The number of fused-ring (bicyclic) bond motifs is 2. The second-order valence-electron chi connectivity index (χ2n) is 14.9. The molecule has 0 saturated carbocycles. The number of allylic oxidation sites excluding steroid dienone is 6. The van der Waals surface area contributed by atoms with E-state index in [1.54, 1.807) is 6.92 Å². The fourth-order valence-electron chi connectivity index (χ4n) is 6.60. The van der Waals surface area contributed by atoms with Crippen molar-refractivity contribution in [2.45, 2.75) is 68.2 Å². The fraction of sp³-hybridized carbons (Fsp3) is 0.347. The molecule has 2 heterocycles. The molecule has 4 aliphatic rings. The molecule has 2 N–H and O–H groups in total. The van der Waals surface area contributed by atoms with Crippen LogP contribution in [0.3, 0.4) is 0 Å². The molecule has 2 aliphatic carbocycles. The Labute approximate surface area is 366 Å². The van der Waals surface area contributed by atoms with Crippen molar-refractivity contribution in [3.63, 3.8) is 0 Å². The van der Waals surface area contributed by atoms with Gasteiger partial charge >= 0.3 is 11.9 Å². The van der Waals surface area contributed by atoms with Crippen LogP contribution in [0.2, 0.25) is 0 Å². The maximum Gasteiger partial charge on any atom is 0.333 e. The standard InChI is InChI=1S/C25H28O5S.C24H26O5S/c1-17(2)24(27)29-13-7-6-10-20(26)16-30-21-12-11-19-14-22(18-8-4-3-5-9-18)25(28)31-23(19)15-21;1-2-23(26)28-13-7-6-10-19(25)16-29-20-12-11-18-14-21(17-8-4-3-5-9-17)24(27)30-22(18)15-20/h3-5,8-9,11-12,14-15,19-20,23,26H,1,6-7,10,13,16H2,2H3;2-5,8-9,11-12,14-15,18-19,22,25H,1,6-7,10,13,16H2. The number of esters is 2. The molecular weight excluding hydrogens is 813 g/mol. The van der Waals surface area contributed by atoms with Crippen LogP contribution in [-0.2, 0) is 38.1 Å².